The molecular weight excluding hydrogens is 483 g/mol. The van der Waals surface area contributed by atoms with E-state index in [0.717, 1.165) is 64.0 Å². The summed E-state index contributed by atoms with van der Waals surface area (Å²) in [5.41, 5.74) is -0.886. The molecule has 2 aliphatic rings. The van der Waals surface area contributed by atoms with Crippen LogP contribution in [0, 0.1) is 12.8 Å². The van der Waals surface area contributed by atoms with Crippen LogP contribution in [-0.4, -0.2) is 48.5 Å². The Labute approximate surface area is 217 Å². The standard InChI is InChI=1S/C27H34F3N3OS.CH4/c1-20-2-7-24(8-3-20)32-16-12-21(13-17-32)4-11-26(34)33-18-14-23(15-19-33)31-22-5-9-25(10-6-22)35-27(28,29)30;/h2-3,5-10,21,23,31H,4,11-19H2,1H3;1H4. The first-order valence-electron chi connectivity index (χ1n) is 12.5. The van der Waals surface area contributed by atoms with Crippen LogP contribution in [0.2, 0.25) is 0 Å². The lowest BCUT2D eigenvalue weighted by molar-refractivity contribution is -0.132. The average molecular weight is 522 g/mol. The van der Waals surface area contributed by atoms with Crippen molar-refractivity contribution in [3.05, 3.63) is 54.1 Å². The van der Waals surface area contributed by atoms with Gasteiger partial charge in [0.1, 0.15) is 0 Å². The van der Waals surface area contributed by atoms with Crippen LogP contribution in [0.15, 0.2) is 53.4 Å². The van der Waals surface area contributed by atoms with E-state index in [9.17, 15) is 18.0 Å². The number of aryl methyl sites for hydroxylation is 1. The Morgan fingerprint density at radius 1 is 0.944 bits per heavy atom. The van der Waals surface area contributed by atoms with Gasteiger partial charge in [-0.2, -0.15) is 13.2 Å². The molecule has 0 saturated carbocycles. The fourth-order valence-corrected chi connectivity index (χ4v) is 5.52. The van der Waals surface area contributed by atoms with Crippen LogP contribution in [0.5, 0.6) is 0 Å². The van der Waals surface area contributed by atoms with E-state index >= 15 is 0 Å². The van der Waals surface area contributed by atoms with E-state index in [0.29, 0.717) is 12.3 Å². The van der Waals surface area contributed by atoms with Gasteiger partial charge in [0.2, 0.25) is 5.91 Å². The smallest absolute Gasteiger partial charge is 0.382 e. The molecular formula is C28H38F3N3OS. The Balaban J connectivity index is 0.00000361. The van der Waals surface area contributed by atoms with Crippen molar-refractivity contribution < 1.29 is 18.0 Å². The van der Waals surface area contributed by atoms with E-state index in [1.54, 1.807) is 12.1 Å². The Bertz CT molecular complexity index is 950. The Morgan fingerprint density at radius 2 is 1.56 bits per heavy atom. The van der Waals surface area contributed by atoms with E-state index in [1.165, 1.54) is 23.4 Å². The zero-order valence-corrected chi connectivity index (χ0v) is 21.0. The van der Waals surface area contributed by atoms with Gasteiger partial charge in [0.15, 0.2) is 0 Å². The molecule has 2 aromatic rings. The number of anilines is 2. The minimum Gasteiger partial charge on any atom is -0.382 e. The topological polar surface area (TPSA) is 35.6 Å². The predicted octanol–water partition coefficient (Wildman–Crippen LogP) is 7.34. The van der Waals surface area contributed by atoms with E-state index < -0.39 is 5.51 Å². The second kappa shape index (κ2) is 12.7. The van der Waals surface area contributed by atoms with Gasteiger partial charge in [0.05, 0.1) is 0 Å². The highest BCUT2D eigenvalue weighted by atomic mass is 32.2. The highest BCUT2D eigenvalue weighted by Gasteiger charge is 2.29. The van der Waals surface area contributed by atoms with Crippen LogP contribution >= 0.6 is 11.8 Å². The predicted molar refractivity (Wildman–Crippen MR) is 144 cm³/mol. The van der Waals surface area contributed by atoms with E-state index in [4.69, 9.17) is 0 Å². The molecule has 0 aromatic heterocycles. The Morgan fingerprint density at radius 3 is 2.14 bits per heavy atom. The second-order valence-corrected chi connectivity index (χ2v) is 10.8. The number of carbonyl (C=O) groups excluding carboxylic acids is 1. The summed E-state index contributed by atoms with van der Waals surface area (Å²) in [7, 11) is 0. The molecule has 0 unspecified atom stereocenters. The van der Waals surface area contributed by atoms with Gasteiger partial charge in [-0.1, -0.05) is 25.1 Å². The molecule has 4 rings (SSSR count). The van der Waals surface area contributed by atoms with Crippen molar-refractivity contribution >= 4 is 29.0 Å². The molecule has 2 aliphatic heterocycles. The second-order valence-electron chi connectivity index (χ2n) is 9.68. The fraction of sp³-hybridized carbons (Fsp3) is 0.536. The molecule has 2 fully saturated rings. The minimum absolute atomic E-state index is 0. The van der Waals surface area contributed by atoms with Crippen molar-refractivity contribution in [3.63, 3.8) is 0 Å². The van der Waals surface area contributed by atoms with Gasteiger partial charge >= 0.3 is 5.51 Å². The van der Waals surface area contributed by atoms with Gasteiger partial charge in [0, 0.05) is 54.9 Å². The largest absolute Gasteiger partial charge is 0.446 e. The van der Waals surface area contributed by atoms with Crippen molar-refractivity contribution in [2.75, 3.05) is 36.4 Å². The number of nitrogens with one attached hydrogen (secondary N) is 1. The van der Waals surface area contributed by atoms with Crippen LogP contribution in [0.3, 0.4) is 0 Å². The Hall–Kier alpha value is -2.35. The molecule has 0 radical (unpaired) electrons. The zero-order chi connectivity index (χ0) is 24.8. The van der Waals surface area contributed by atoms with Crippen molar-refractivity contribution in [3.8, 4) is 0 Å². The molecule has 2 saturated heterocycles. The lowest BCUT2D eigenvalue weighted by Crippen LogP contribution is -2.42. The summed E-state index contributed by atoms with van der Waals surface area (Å²) in [4.78, 5) is 17.4. The molecule has 0 spiro atoms. The number of amides is 1. The number of nitrogens with zero attached hydrogens (tertiary/aromatic N) is 2. The number of likely N-dealkylation sites (tertiary alicyclic amines) is 1. The summed E-state index contributed by atoms with van der Waals surface area (Å²) < 4.78 is 37.4. The average Bonchev–Trinajstić information content (AvgIpc) is 2.84. The number of thioether (sulfide) groups is 1. The van der Waals surface area contributed by atoms with Crippen LogP contribution in [0.25, 0.3) is 0 Å². The Kier molecular flexibility index (Phi) is 10.00. The lowest BCUT2D eigenvalue weighted by Gasteiger charge is -2.35. The lowest BCUT2D eigenvalue weighted by atomic mass is 9.91. The third kappa shape index (κ3) is 8.36. The number of hydrogen-bond acceptors (Lipinski definition) is 4. The summed E-state index contributed by atoms with van der Waals surface area (Å²) >= 11 is -0.101. The van der Waals surface area contributed by atoms with Gasteiger partial charge < -0.3 is 15.1 Å². The summed E-state index contributed by atoms with van der Waals surface area (Å²) in [5.74, 6) is 0.858. The number of carbonyl (C=O) groups is 1. The van der Waals surface area contributed by atoms with Crippen LogP contribution in [0.1, 0.15) is 51.5 Å². The normalized spacial score (nSPS) is 17.6. The maximum Gasteiger partial charge on any atom is 0.446 e. The molecule has 8 heteroatoms. The van der Waals surface area contributed by atoms with Crippen molar-refractivity contribution in [1.29, 1.82) is 0 Å². The molecule has 2 heterocycles. The molecule has 4 nitrogen and oxygen atoms in total. The third-order valence-electron chi connectivity index (χ3n) is 7.09. The molecule has 0 aliphatic carbocycles. The highest BCUT2D eigenvalue weighted by molar-refractivity contribution is 8.00. The van der Waals surface area contributed by atoms with Gasteiger partial charge in [-0.05, 0) is 93.1 Å². The molecule has 1 N–H and O–H groups in total. The molecule has 1 amide bonds. The monoisotopic (exact) mass is 521 g/mol. The van der Waals surface area contributed by atoms with Gasteiger partial charge in [-0.3, -0.25) is 4.79 Å². The minimum atomic E-state index is -4.27. The maximum absolute atomic E-state index is 12.8. The summed E-state index contributed by atoms with van der Waals surface area (Å²) in [6.07, 6.45) is 5.53. The van der Waals surface area contributed by atoms with Crippen LogP contribution in [-0.2, 0) is 4.79 Å². The molecule has 0 bridgehead atoms. The third-order valence-corrected chi connectivity index (χ3v) is 7.83. The molecule has 36 heavy (non-hydrogen) atoms. The first-order chi connectivity index (χ1) is 16.7. The number of benzene rings is 2. The van der Waals surface area contributed by atoms with Crippen molar-refractivity contribution in [2.45, 2.75) is 69.3 Å². The molecule has 198 valence electrons. The maximum atomic E-state index is 12.8. The summed E-state index contributed by atoms with van der Waals surface area (Å²) in [5, 5.41) is 3.40. The van der Waals surface area contributed by atoms with Crippen LogP contribution in [0.4, 0.5) is 24.5 Å². The van der Waals surface area contributed by atoms with E-state index in [1.807, 2.05) is 4.90 Å². The number of hydrogen-bond donors (Lipinski definition) is 1. The molecule has 2 aromatic carbocycles. The summed E-state index contributed by atoms with van der Waals surface area (Å²) in [6.45, 7) is 5.66. The first-order valence-corrected chi connectivity index (χ1v) is 13.3. The zero-order valence-electron chi connectivity index (χ0n) is 20.2. The van der Waals surface area contributed by atoms with Gasteiger partial charge in [0.25, 0.3) is 0 Å². The number of alkyl halides is 3. The quantitative estimate of drug-likeness (QED) is 0.387. The van der Waals surface area contributed by atoms with Gasteiger partial charge in [-0.15, -0.1) is 0 Å². The van der Waals surface area contributed by atoms with Crippen molar-refractivity contribution in [2.24, 2.45) is 5.92 Å². The molecule has 0 atom stereocenters. The van der Waals surface area contributed by atoms with E-state index in [2.05, 4.69) is 41.4 Å². The van der Waals surface area contributed by atoms with Crippen molar-refractivity contribution in [1.82, 2.24) is 4.90 Å². The first kappa shape index (κ1) is 28.2. The fourth-order valence-electron chi connectivity index (χ4n) is 4.98. The van der Waals surface area contributed by atoms with Gasteiger partial charge in [-0.25, -0.2) is 0 Å². The summed E-state index contributed by atoms with van der Waals surface area (Å²) in [6, 6.07) is 15.3. The SMILES string of the molecule is C.Cc1ccc(N2CCC(CCC(=O)N3CCC(Nc4ccc(SC(F)(F)F)cc4)CC3)CC2)cc1. The number of rotatable bonds is 7. The van der Waals surface area contributed by atoms with Crippen LogP contribution < -0.4 is 10.2 Å². The number of piperidine rings is 2. The van der Waals surface area contributed by atoms with E-state index in [-0.39, 0.29) is 36.0 Å². The number of halogens is 3. The highest BCUT2D eigenvalue weighted by Crippen LogP contribution is 2.37.